The fourth-order valence-electron chi connectivity index (χ4n) is 5.21. The normalized spacial score (nSPS) is 14.9. The smallest absolute Gasteiger partial charge is 0.210 e. The zero-order chi connectivity index (χ0) is 24.7. The Morgan fingerprint density at radius 1 is 0.889 bits per heavy atom. The second-order valence-electron chi connectivity index (χ2n) is 9.26. The number of fused-ring (bicyclic) bond motifs is 1. The maximum absolute atomic E-state index is 12.0. The molecular weight excluding hydrogens is 474 g/mol. The van der Waals surface area contributed by atoms with Crippen molar-refractivity contribution in [2.45, 2.75) is 42.9 Å². The Balaban J connectivity index is 1.55. The van der Waals surface area contributed by atoms with Crippen LogP contribution in [-0.2, 0) is 9.84 Å². The molecule has 0 amide bonds. The Labute approximate surface area is 208 Å². The third-order valence-electron chi connectivity index (χ3n) is 6.95. The van der Waals surface area contributed by atoms with Crippen LogP contribution in [0.2, 0.25) is 0 Å². The van der Waals surface area contributed by atoms with Crippen molar-refractivity contribution in [3.8, 4) is 33.6 Å². The summed E-state index contributed by atoms with van der Waals surface area (Å²) in [6, 6.07) is 15.2. The van der Waals surface area contributed by atoms with E-state index in [4.69, 9.17) is 10.1 Å². The van der Waals surface area contributed by atoms with Gasteiger partial charge in [0, 0.05) is 23.9 Å². The van der Waals surface area contributed by atoms with Crippen molar-refractivity contribution in [3.05, 3.63) is 66.6 Å². The molecule has 0 atom stereocenters. The highest BCUT2D eigenvalue weighted by Crippen LogP contribution is 2.41. The van der Waals surface area contributed by atoms with E-state index >= 15 is 0 Å². The van der Waals surface area contributed by atoms with E-state index in [0.717, 1.165) is 46.4 Å². The molecule has 0 bridgehead atoms. The van der Waals surface area contributed by atoms with Gasteiger partial charge in [-0.1, -0.05) is 55.7 Å². The lowest BCUT2D eigenvalue weighted by Crippen LogP contribution is -2.13. The van der Waals surface area contributed by atoms with Gasteiger partial charge in [-0.05, 0) is 46.9 Å². The third kappa shape index (κ3) is 3.97. The van der Waals surface area contributed by atoms with Gasteiger partial charge in [-0.15, -0.1) is 10.2 Å². The summed E-state index contributed by atoms with van der Waals surface area (Å²) in [7, 11) is -3.26. The van der Waals surface area contributed by atoms with Gasteiger partial charge in [0.2, 0.25) is 5.82 Å². The number of nitrogens with one attached hydrogen (secondary N) is 1. The predicted octanol–water partition coefficient (Wildman–Crippen LogP) is 4.69. The molecule has 36 heavy (non-hydrogen) atoms. The van der Waals surface area contributed by atoms with Crippen LogP contribution < -0.4 is 0 Å². The Bertz CT molecular complexity index is 1640. The van der Waals surface area contributed by atoms with Gasteiger partial charge in [-0.3, -0.25) is 0 Å². The summed E-state index contributed by atoms with van der Waals surface area (Å²) in [5, 5.41) is 19.2. The summed E-state index contributed by atoms with van der Waals surface area (Å²) < 4.78 is 25.9. The summed E-state index contributed by atoms with van der Waals surface area (Å²) in [4.78, 5) is 5.12. The second-order valence-corrected chi connectivity index (χ2v) is 11.3. The van der Waals surface area contributed by atoms with Crippen molar-refractivity contribution in [2.24, 2.45) is 0 Å². The van der Waals surface area contributed by atoms with E-state index < -0.39 is 9.84 Å². The predicted molar refractivity (Wildman–Crippen MR) is 136 cm³/mol. The molecule has 1 aliphatic rings. The van der Waals surface area contributed by atoms with E-state index in [1.54, 1.807) is 18.3 Å². The SMILES string of the molecule is CS(=O)(=O)c1ccc(-c2ccccc2-c2cnc3c(-c4nn[nH]n4)cnn3c2C2CCCCC2)cc1. The summed E-state index contributed by atoms with van der Waals surface area (Å²) >= 11 is 0. The summed E-state index contributed by atoms with van der Waals surface area (Å²) in [5.41, 5.74) is 6.60. The summed E-state index contributed by atoms with van der Waals surface area (Å²) in [6.07, 6.45) is 10.7. The summed E-state index contributed by atoms with van der Waals surface area (Å²) in [6.45, 7) is 0. The molecular formula is C26H25N7O2S. The van der Waals surface area contributed by atoms with Crippen LogP contribution in [0.5, 0.6) is 0 Å². The van der Waals surface area contributed by atoms with Crippen molar-refractivity contribution in [1.82, 2.24) is 35.2 Å². The monoisotopic (exact) mass is 499 g/mol. The number of H-pyrrole nitrogens is 1. The number of aromatic nitrogens is 7. The molecule has 0 saturated heterocycles. The van der Waals surface area contributed by atoms with Gasteiger partial charge in [-0.25, -0.2) is 17.9 Å². The topological polar surface area (TPSA) is 119 Å². The molecule has 9 nitrogen and oxygen atoms in total. The zero-order valence-corrected chi connectivity index (χ0v) is 20.6. The van der Waals surface area contributed by atoms with Crippen molar-refractivity contribution >= 4 is 15.5 Å². The molecule has 0 radical (unpaired) electrons. The molecule has 1 saturated carbocycles. The van der Waals surface area contributed by atoms with Gasteiger partial charge >= 0.3 is 0 Å². The number of aromatic amines is 1. The fraction of sp³-hybridized carbons (Fsp3) is 0.269. The standard InChI is InChI=1S/C26H25N7O2S/c1-36(34,35)19-13-11-17(12-14-19)20-9-5-6-10-21(20)22-15-27-26-23(25-29-31-32-30-25)16-28-33(26)24(22)18-7-3-2-4-8-18/h5-6,9-16,18H,2-4,7-8H2,1H3,(H,29,30,31,32). The van der Waals surface area contributed by atoms with E-state index in [0.29, 0.717) is 22.3 Å². The van der Waals surface area contributed by atoms with Crippen molar-refractivity contribution in [1.29, 1.82) is 0 Å². The molecule has 0 aliphatic heterocycles. The first-order chi connectivity index (χ1) is 17.5. The lowest BCUT2D eigenvalue weighted by atomic mass is 9.83. The van der Waals surface area contributed by atoms with Crippen LogP contribution in [0, 0.1) is 0 Å². The maximum atomic E-state index is 12.0. The lowest BCUT2D eigenvalue weighted by Gasteiger charge is -2.25. The number of sulfone groups is 1. The highest BCUT2D eigenvalue weighted by molar-refractivity contribution is 7.90. The number of hydrogen-bond donors (Lipinski definition) is 1. The minimum absolute atomic E-state index is 0.306. The number of rotatable bonds is 5. The minimum atomic E-state index is -3.26. The van der Waals surface area contributed by atoms with Crippen molar-refractivity contribution in [2.75, 3.05) is 6.26 Å². The van der Waals surface area contributed by atoms with E-state index in [2.05, 4.69) is 32.8 Å². The fourth-order valence-corrected chi connectivity index (χ4v) is 5.84. The molecule has 2 aromatic carbocycles. The first-order valence-corrected chi connectivity index (χ1v) is 13.9. The lowest BCUT2D eigenvalue weighted by molar-refractivity contribution is 0.431. The summed E-state index contributed by atoms with van der Waals surface area (Å²) in [5.74, 6) is 0.809. The van der Waals surface area contributed by atoms with Crippen LogP contribution in [0.4, 0.5) is 0 Å². The minimum Gasteiger partial charge on any atom is -0.236 e. The molecule has 1 N–H and O–H groups in total. The van der Waals surface area contributed by atoms with Crippen molar-refractivity contribution < 1.29 is 8.42 Å². The van der Waals surface area contributed by atoms with Gasteiger partial charge < -0.3 is 0 Å². The number of tetrazole rings is 1. The van der Waals surface area contributed by atoms with E-state index in [9.17, 15) is 8.42 Å². The molecule has 0 spiro atoms. The number of nitrogens with zero attached hydrogens (tertiary/aromatic N) is 6. The number of hydrogen-bond acceptors (Lipinski definition) is 7. The quantitative estimate of drug-likeness (QED) is 0.372. The third-order valence-corrected chi connectivity index (χ3v) is 8.08. The molecule has 1 fully saturated rings. The van der Waals surface area contributed by atoms with Gasteiger partial charge in [-0.2, -0.15) is 10.3 Å². The molecule has 3 aromatic heterocycles. The van der Waals surface area contributed by atoms with Gasteiger partial charge in [0.1, 0.15) is 0 Å². The van der Waals surface area contributed by atoms with E-state index in [1.165, 1.54) is 25.5 Å². The average molecular weight is 500 g/mol. The van der Waals surface area contributed by atoms with Gasteiger partial charge in [0.05, 0.1) is 22.3 Å². The van der Waals surface area contributed by atoms with Crippen LogP contribution in [-0.4, -0.2) is 49.9 Å². The highest BCUT2D eigenvalue weighted by Gasteiger charge is 2.26. The van der Waals surface area contributed by atoms with Crippen LogP contribution in [0.3, 0.4) is 0 Å². The van der Waals surface area contributed by atoms with Crippen molar-refractivity contribution in [3.63, 3.8) is 0 Å². The first-order valence-electron chi connectivity index (χ1n) is 12.0. The molecule has 10 heteroatoms. The molecule has 0 unspecified atom stereocenters. The van der Waals surface area contributed by atoms with Gasteiger partial charge in [0.25, 0.3) is 0 Å². The Morgan fingerprint density at radius 3 is 2.33 bits per heavy atom. The molecule has 6 rings (SSSR count). The van der Waals surface area contributed by atoms with Crippen LogP contribution >= 0.6 is 0 Å². The Hall–Kier alpha value is -3.92. The number of benzene rings is 2. The first kappa shape index (κ1) is 22.5. The van der Waals surface area contributed by atoms with Crippen LogP contribution in [0.15, 0.2) is 65.8 Å². The zero-order valence-electron chi connectivity index (χ0n) is 19.8. The second kappa shape index (κ2) is 8.94. The van der Waals surface area contributed by atoms with Crippen LogP contribution in [0.25, 0.3) is 39.3 Å². The average Bonchev–Trinajstić information content (AvgIpc) is 3.58. The largest absolute Gasteiger partial charge is 0.236 e. The Kier molecular flexibility index (Phi) is 5.60. The van der Waals surface area contributed by atoms with E-state index in [-0.39, 0.29) is 0 Å². The van der Waals surface area contributed by atoms with Gasteiger partial charge in [0.15, 0.2) is 15.5 Å². The Morgan fingerprint density at radius 2 is 1.64 bits per heavy atom. The van der Waals surface area contributed by atoms with E-state index in [1.807, 2.05) is 35.0 Å². The molecule has 182 valence electrons. The highest BCUT2D eigenvalue weighted by atomic mass is 32.2. The molecule has 3 heterocycles. The molecule has 5 aromatic rings. The maximum Gasteiger partial charge on any atom is 0.210 e. The molecule has 1 aliphatic carbocycles. The van der Waals surface area contributed by atoms with Crippen LogP contribution in [0.1, 0.15) is 43.7 Å².